The molecular formula is C17H21ClN4O. The van der Waals surface area contributed by atoms with Gasteiger partial charge in [-0.2, -0.15) is 0 Å². The van der Waals surface area contributed by atoms with Crippen LogP contribution in [-0.4, -0.2) is 15.6 Å². The maximum absolute atomic E-state index is 12.3. The van der Waals surface area contributed by atoms with Crippen LogP contribution < -0.4 is 10.6 Å². The van der Waals surface area contributed by atoms with Crippen LogP contribution in [0.25, 0.3) is 0 Å². The Morgan fingerprint density at radius 2 is 2.13 bits per heavy atom. The van der Waals surface area contributed by atoms with E-state index in [0.29, 0.717) is 23.4 Å². The zero-order valence-corrected chi connectivity index (χ0v) is 14.0. The van der Waals surface area contributed by atoms with E-state index in [2.05, 4.69) is 22.5 Å². The molecule has 0 aliphatic heterocycles. The highest BCUT2D eigenvalue weighted by Gasteiger charge is 2.40. The number of carbonyl (C=O) groups is 1. The van der Waals surface area contributed by atoms with E-state index in [9.17, 15) is 4.79 Å². The van der Waals surface area contributed by atoms with Gasteiger partial charge in [-0.05, 0) is 36.0 Å². The highest BCUT2D eigenvalue weighted by Crippen LogP contribution is 2.47. The molecule has 5 nitrogen and oxygen atoms in total. The Bertz CT molecular complexity index is 682. The van der Waals surface area contributed by atoms with E-state index in [1.165, 1.54) is 0 Å². The summed E-state index contributed by atoms with van der Waals surface area (Å²) in [5.74, 6) is 1.93. The Morgan fingerprint density at radius 1 is 1.43 bits per heavy atom. The molecule has 0 saturated heterocycles. The molecule has 1 heterocycles. The van der Waals surface area contributed by atoms with Crippen LogP contribution in [0, 0.1) is 11.8 Å². The summed E-state index contributed by atoms with van der Waals surface area (Å²) >= 11 is 5.96. The average Bonchev–Trinajstić information content (AvgIpc) is 3.10. The van der Waals surface area contributed by atoms with Crippen molar-refractivity contribution in [3.8, 4) is 0 Å². The smallest absolute Gasteiger partial charge is 0.315 e. The van der Waals surface area contributed by atoms with Crippen molar-refractivity contribution < 1.29 is 4.79 Å². The summed E-state index contributed by atoms with van der Waals surface area (Å²) < 4.78 is 1.89. The number of nitrogens with one attached hydrogen (secondary N) is 2. The molecule has 23 heavy (non-hydrogen) atoms. The first kappa shape index (κ1) is 15.9. The molecular weight excluding hydrogens is 312 g/mol. The predicted molar refractivity (Wildman–Crippen MR) is 90.0 cm³/mol. The molecule has 0 radical (unpaired) electrons. The second kappa shape index (κ2) is 6.62. The molecule has 1 aromatic carbocycles. The number of hydrogen-bond donors (Lipinski definition) is 2. The molecule has 3 rings (SSSR count). The van der Waals surface area contributed by atoms with E-state index in [4.69, 9.17) is 11.6 Å². The van der Waals surface area contributed by atoms with E-state index in [-0.39, 0.29) is 12.1 Å². The number of urea groups is 1. The van der Waals surface area contributed by atoms with Crippen molar-refractivity contribution in [3.05, 3.63) is 53.1 Å². The molecule has 122 valence electrons. The van der Waals surface area contributed by atoms with Gasteiger partial charge in [-0.25, -0.2) is 9.78 Å². The van der Waals surface area contributed by atoms with Crippen LogP contribution in [-0.2, 0) is 13.6 Å². The van der Waals surface area contributed by atoms with Gasteiger partial charge in [0, 0.05) is 24.5 Å². The highest BCUT2D eigenvalue weighted by atomic mass is 35.5. The lowest BCUT2D eigenvalue weighted by molar-refractivity contribution is 0.234. The summed E-state index contributed by atoms with van der Waals surface area (Å²) in [5, 5.41) is 6.68. The number of benzene rings is 1. The molecule has 2 aromatic rings. The van der Waals surface area contributed by atoms with Gasteiger partial charge in [0.15, 0.2) is 0 Å². The monoisotopic (exact) mass is 332 g/mol. The molecule has 3 atom stereocenters. The van der Waals surface area contributed by atoms with E-state index in [1.54, 1.807) is 6.20 Å². The maximum Gasteiger partial charge on any atom is 0.315 e. The van der Waals surface area contributed by atoms with Gasteiger partial charge in [-0.3, -0.25) is 0 Å². The molecule has 1 aliphatic rings. The van der Waals surface area contributed by atoms with Gasteiger partial charge >= 0.3 is 6.03 Å². The Balaban J connectivity index is 1.63. The van der Waals surface area contributed by atoms with Crippen LogP contribution in [0.2, 0.25) is 5.02 Å². The third-order valence-electron chi connectivity index (χ3n) is 4.44. The molecule has 0 unspecified atom stereocenters. The minimum Gasteiger partial charge on any atom is -0.337 e. The lowest BCUT2D eigenvalue weighted by atomic mass is 10.0. The minimum atomic E-state index is -0.174. The van der Waals surface area contributed by atoms with E-state index in [0.717, 1.165) is 17.8 Å². The summed E-state index contributed by atoms with van der Waals surface area (Å²) in [4.78, 5) is 16.5. The lowest BCUT2D eigenvalue weighted by Crippen LogP contribution is -2.39. The minimum absolute atomic E-state index is 0.0173. The number of aryl methyl sites for hydroxylation is 1. The van der Waals surface area contributed by atoms with Gasteiger partial charge in [0.25, 0.3) is 0 Å². The average molecular weight is 333 g/mol. The topological polar surface area (TPSA) is 59.0 Å². The number of rotatable bonds is 5. The largest absolute Gasteiger partial charge is 0.337 e. The quantitative estimate of drug-likeness (QED) is 0.882. The van der Waals surface area contributed by atoms with Crippen molar-refractivity contribution >= 4 is 17.6 Å². The van der Waals surface area contributed by atoms with Crippen molar-refractivity contribution in [1.29, 1.82) is 0 Å². The Morgan fingerprint density at radius 3 is 2.70 bits per heavy atom. The van der Waals surface area contributed by atoms with Crippen molar-refractivity contribution in [1.82, 2.24) is 20.2 Å². The molecule has 1 aromatic heterocycles. The van der Waals surface area contributed by atoms with Crippen molar-refractivity contribution in [2.45, 2.75) is 25.9 Å². The standard InChI is InChI=1S/C17H21ClN4O/c1-11-9-14(11)16(12-3-5-13(18)6-4-12)21-17(23)20-10-15-19-7-8-22(15)2/h3-8,11,14,16H,9-10H2,1-2H3,(H2,20,21,23)/t11-,14+,16-/m1/s1. The van der Waals surface area contributed by atoms with E-state index in [1.807, 2.05) is 42.1 Å². The molecule has 2 N–H and O–H groups in total. The van der Waals surface area contributed by atoms with Gasteiger partial charge in [-0.1, -0.05) is 30.7 Å². The lowest BCUT2D eigenvalue weighted by Gasteiger charge is -2.20. The number of aromatic nitrogens is 2. The second-order valence-corrected chi connectivity index (χ2v) is 6.62. The molecule has 1 fully saturated rings. The Labute approximate surface area is 141 Å². The number of carbonyl (C=O) groups excluding carboxylic acids is 1. The zero-order chi connectivity index (χ0) is 16.4. The van der Waals surface area contributed by atoms with E-state index < -0.39 is 0 Å². The number of imidazole rings is 1. The van der Waals surface area contributed by atoms with Crippen molar-refractivity contribution in [3.63, 3.8) is 0 Å². The van der Waals surface area contributed by atoms with Gasteiger partial charge in [0.05, 0.1) is 12.6 Å². The van der Waals surface area contributed by atoms with Gasteiger partial charge in [0.1, 0.15) is 5.82 Å². The predicted octanol–water partition coefficient (Wildman–Crippen LogP) is 3.27. The van der Waals surface area contributed by atoms with Crippen LogP contribution in [0.3, 0.4) is 0 Å². The number of amides is 2. The van der Waals surface area contributed by atoms with Crippen LogP contribution in [0.15, 0.2) is 36.7 Å². The third-order valence-corrected chi connectivity index (χ3v) is 4.70. The van der Waals surface area contributed by atoms with Crippen LogP contribution >= 0.6 is 11.6 Å². The van der Waals surface area contributed by atoms with Crippen LogP contribution in [0.4, 0.5) is 4.79 Å². The Hall–Kier alpha value is -2.01. The van der Waals surface area contributed by atoms with Gasteiger partial charge in [0.2, 0.25) is 0 Å². The summed E-state index contributed by atoms with van der Waals surface area (Å²) in [7, 11) is 1.91. The number of nitrogens with zero attached hydrogens (tertiary/aromatic N) is 2. The molecule has 0 spiro atoms. The molecule has 2 amide bonds. The second-order valence-electron chi connectivity index (χ2n) is 6.19. The SMILES string of the molecule is C[C@@H]1C[C@@H]1[C@H](NC(=O)NCc1nccn1C)c1ccc(Cl)cc1. The van der Waals surface area contributed by atoms with Gasteiger partial charge < -0.3 is 15.2 Å². The zero-order valence-electron chi connectivity index (χ0n) is 13.3. The molecule has 1 aliphatic carbocycles. The Kier molecular flexibility index (Phi) is 4.57. The first-order valence-corrected chi connectivity index (χ1v) is 8.18. The third kappa shape index (κ3) is 3.85. The fourth-order valence-corrected chi connectivity index (χ4v) is 2.97. The number of halogens is 1. The fraction of sp³-hybridized carbons (Fsp3) is 0.412. The van der Waals surface area contributed by atoms with Crippen LogP contribution in [0.5, 0.6) is 0 Å². The number of hydrogen-bond acceptors (Lipinski definition) is 2. The highest BCUT2D eigenvalue weighted by molar-refractivity contribution is 6.30. The molecule has 0 bridgehead atoms. The fourth-order valence-electron chi connectivity index (χ4n) is 2.84. The maximum atomic E-state index is 12.3. The normalized spacial score (nSPS) is 20.8. The first-order valence-electron chi connectivity index (χ1n) is 7.80. The summed E-state index contributed by atoms with van der Waals surface area (Å²) in [6.45, 7) is 2.62. The molecule has 1 saturated carbocycles. The van der Waals surface area contributed by atoms with Crippen molar-refractivity contribution in [2.24, 2.45) is 18.9 Å². The van der Waals surface area contributed by atoms with Crippen LogP contribution in [0.1, 0.15) is 30.8 Å². The molecule has 6 heteroatoms. The van der Waals surface area contributed by atoms with Crippen molar-refractivity contribution in [2.75, 3.05) is 0 Å². The first-order chi connectivity index (χ1) is 11.0. The summed E-state index contributed by atoms with van der Waals surface area (Å²) in [5.41, 5.74) is 1.09. The summed E-state index contributed by atoms with van der Waals surface area (Å²) in [6.07, 6.45) is 4.71. The van der Waals surface area contributed by atoms with E-state index >= 15 is 0 Å². The van der Waals surface area contributed by atoms with Gasteiger partial charge in [-0.15, -0.1) is 0 Å². The summed E-state index contributed by atoms with van der Waals surface area (Å²) in [6, 6.07) is 7.54.